The van der Waals surface area contributed by atoms with E-state index in [1.807, 2.05) is 30.3 Å². The van der Waals surface area contributed by atoms with E-state index in [0.29, 0.717) is 13.0 Å². The smallest absolute Gasteiger partial charge is 0.246 e. The van der Waals surface area contributed by atoms with E-state index in [4.69, 9.17) is 4.52 Å². The maximum atomic E-state index is 12.1. The second-order valence-electron chi connectivity index (χ2n) is 5.06. The zero-order valence-corrected chi connectivity index (χ0v) is 13.8. The lowest BCUT2D eigenvalue weighted by atomic mass is 10.1. The summed E-state index contributed by atoms with van der Waals surface area (Å²) in [7, 11) is -3.82. The van der Waals surface area contributed by atoms with E-state index < -0.39 is 15.9 Å². The van der Waals surface area contributed by atoms with Gasteiger partial charge in [-0.2, -0.15) is 0 Å². The van der Waals surface area contributed by atoms with Crippen molar-refractivity contribution in [3.8, 4) is 0 Å². The van der Waals surface area contributed by atoms with Crippen LogP contribution in [0.1, 0.15) is 17.0 Å². The number of nitrogens with one attached hydrogen (secondary N) is 2. The third-order valence-electron chi connectivity index (χ3n) is 3.24. The Balaban J connectivity index is 1.82. The zero-order valence-electron chi connectivity index (χ0n) is 13.0. The van der Waals surface area contributed by atoms with Gasteiger partial charge in [-0.3, -0.25) is 4.79 Å². The van der Waals surface area contributed by atoms with Gasteiger partial charge in [0.1, 0.15) is 10.6 Å². The fraction of sp³-hybridized carbons (Fsp3) is 0.333. The number of carbonyl (C=O) groups is 1. The Bertz CT molecular complexity index is 750. The van der Waals surface area contributed by atoms with Crippen LogP contribution in [-0.2, 0) is 21.2 Å². The van der Waals surface area contributed by atoms with Crippen molar-refractivity contribution in [2.75, 3.05) is 13.1 Å². The molecule has 23 heavy (non-hydrogen) atoms. The average Bonchev–Trinajstić information content (AvgIpc) is 2.86. The van der Waals surface area contributed by atoms with Gasteiger partial charge >= 0.3 is 0 Å². The summed E-state index contributed by atoms with van der Waals surface area (Å²) >= 11 is 0. The second kappa shape index (κ2) is 7.38. The molecule has 1 aromatic carbocycles. The van der Waals surface area contributed by atoms with Crippen LogP contribution in [0.25, 0.3) is 0 Å². The van der Waals surface area contributed by atoms with E-state index in [-0.39, 0.29) is 22.9 Å². The van der Waals surface area contributed by atoms with Crippen molar-refractivity contribution in [3.05, 3.63) is 47.3 Å². The molecule has 2 N–H and O–H groups in total. The molecule has 1 heterocycles. The van der Waals surface area contributed by atoms with Gasteiger partial charge in [0.15, 0.2) is 5.76 Å². The molecule has 124 valence electrons. The quantitative estimate of drug-likeness (QED) is 0.782. The Morgan fingerprint density at radius 3 is 2.52 bits per heavy atom. The van der Waals surface area contributed by atoms with Gasteiger partial charge in [0.05, 0.1) is 6.54 Å². The number of hydrogen-bond acceptors (Lipinski definition) is 5. The van der Waals surface area contributed by atoms with Gasteiger partial charge in [-0.05, 0) is 25.8 Å². The van der Waals surface area contributed by atoms with E-state index in [0.717, 1.165) is 5.56 Å². The first-order valence-electron chi connectivity index (χ1n) is 7.13. The van der Waals surface area contributed by atoms with Crippen molar-refractivity contribution in [1.29, 1.82) is 0 Å². The van der Waals surface area contributed by atoms with Gasteiger partial charge in [-0.15, -0.1) is 0 Å². The van der Waals surface area contributed by atoms with Crippen molar-refractivity contribution in [3.63, 3.8) is 0 Å². The van der Waals surface area contributed by atoms with Crippen LogP contribution in [0.2, 0.25) is 0 Å². The predicted molar refractivity (Wildman–Crippen MR) is 84.3 cm³/mol. The van der Waals surface area contributed by atoms with Crippen molar-refractivity contribution in [2.45, 2.75) is 25.2 Å². The highest BCUT2D eigenvalue weighted by Crippen LogP contribution is 2.18. The summed E-state index contributed by atoms with van der Waals surface area (Å²) in [5.41, 5.74) is 1.36. The minimum absolute atomic E-state index is 0.0189. The van der Waals surface area contributed by atoms with Crippen molar-refractivity contribution in [2.24, 2.45) is 0 Å². The lowest BCUT2D eigenvalue weighted by Gasteiger charge is -2.07. The van der Waals surface area contributed by atoms with Gasteiger partial charge in [-0.1, -0.05) is 35.5 Å². The van der Waals surface area contributed by atoms with Gasteiger partial charge in [0.2, 0.25) is 15.9 Å². The average molecular weight is 337 g/mol. The fourth-order valence-corrected chi connectivity index (χ4v) is 3.45. The normalized spacial score (nSPS) is 11.4. The van der Waals surface area contributed by atoms with Crippen molar-refractivity contribution < 1.29 is 17.7 Å². The Morgan fingerprint density at radius 2 is 1.91 bits per heavy atom. The van der Waals surface area contributed by atoms with Crippen LogP contribution >= 0.6 is 0 Å². The summed E-state index contributed by atoms with van der Waals surface area (Å²) in [4.78, 5) is 11.7. The van der Waals surface area contributed by atoms with E-state index in [9.17, 15) is 13.2 Å². The molecule has 7 nitrogen and oxygen atoms in total. The standard InChI is InChI=1S/C15H19N3O4S/c1-11-15(12(2)22-18-11)23(20,21)17-10-14(19)16-9-8-13-6-4-3-5-7-13/h3-7,17H,8-10H2,1-2H3,(H,16,19). The first kappa shape index (κ1) is 17.2. The fourth-order valence-electron chi connectivity index (χ4n) is 2.14. The summed E-state index contributed by atoms with van der Waals surface area (Å²) < 4.78 is 31.4. The number of carbonyl (C=O) groups excluding carboxylic acids is 1. The molecule has 8 heteroatoms. The Morgan fingerprint density at radius 1 is 1.22 bits per heavy atom. The van der Waals surface area contributed by atoms with Crippen LogP contribution in [0, 0.1) is 13.8 Å². The number of rotatable bonds is 7. The summed E-state index contributed by atoms with van der Waals surface area (Å²) in [6.45, 7) is 3.15. The molecule has 0 fully saturated rings. The Hall–Kier alpha value is -2.19. The number of amides is 1. The highest BCUT2D eigenvalue weighted by molar-refractivity contribution is 7.89. The first-order valence-corrected chi connectivity index (χ1v) is 8.61. The second-order valence-corrected chi connectivity index (χ2v) is 6.77. The van der Waals surface area contributed by atoms with Gasteiger partial charge < -0.3 is 9.84 Å². The van der Waals surface area contributed by atoms with E-state index in [1.54, 1.807) is 0 Å². The maximum absolute atomic E-state index is 12.1. The summed E-state index contributed by atoms with van der Waals surface area (Å²) in [5, 5.41) is 6.27. The van der Waals surface area contributed by atoms with Crippen LogP contribution < -0.4 is 10.0 Å². The summed E-state index contributed by atoms with van der Waals surface area (Å²) in [6, 6.07) is 9.70. The van der Waals surface area contributed by atoms with E-state index in [2.05, 4.69) is 15.2 Å². The van der Waals surface area contributed by atoms with Crippen LogP contribution in [0.3, 0.4) is 0 Å². The molecule has 0 saturated carbocycles. The van der Waals surface area contributed by atoms with Crippen LogP contribution in [0.4, 0.5) is 0 Å². The molecule has 1 amide bonds. The number of aromatic nitrogens is 1. The van der Waals surface area contributed by atoms with Crippen LogP contribution in [0.15, 0.2) is 39.8 Å². The van der Waals surface area contributed by atoms with Crippen LogP contribution in [0.5, 0.6) is 0 Å². The minimum Gasteiger partial charge on any atom is -0.360 e. The van der Waals surface area contributed by atoms with Crippen LogP contribution in [-0.4, -0.2) is 32.6 Å². The summed E-state index contributed by atoms with van der Waals surface area (Å²) in [6.07, 6.45) is 0.684. The zero-order chi connectivity index (χ0) is 16.9. The molecule has 2 aromatic rings. The third kappa shape index (κ3) is 4.64. The molecule has 0 bridgehead atoms. The third-order valence-corrected chi connectivity index (χ3v) is 4.88. The number of hydrogen-bond donors (Lipinski definition) is 2. The molecule has 2 rings (SSSR count). The van der Waals surface area contributed by atoms with Gasteiger partial charge in [0, 0.05) is 6.54 Å². The predicted octanol–water partition coefficient (Wildman–Crippen LogP) is 0.929. The van der Waals surface area contributed by atoms with Gasteiger partial charge in [0.25, 0.3) is 0 Å². The topological polar surface area (TPSA) is 101 Å². The van der Waals surface area contributed by atoms with Gasteiger partial charge in [-0.25, -0.2) is 13.1 Å². The molecule has 0 atom stereocenters. The molecular weight excluding hydrogens is 318 g/mol. The van der Waals surface area contributed by atoms with Crippen molar-refractivity contribution in [1.82, 2.24) is 15.2 Å². The molecule has 0 aliphatic heterocycles. The molecule has 0 saturated heterocycles. The number of aryl methyl sites for hydroxylation is 2. The Kier molecular flexibility index (Phi) is 5.51. The molecule has 0 unspecified atom stereocenters. The molecular formula is C15H19N3O4S. The monoisotopic (exact) mass is 337 g/mol. The molecule has 0 radical (unpaired) electrons. The SMILES string of the molecule is Cc1noc(C)c1S(=O)(=O)NCC(=O)NCCc1ccccc1. The molecule has 0 aliphatic rings. The molecule has 0 spiro atoms. The largest absolute Gasteiger partial charge is 0.360 e. The van der Waals surface area contributed by atoms with E-state index in [1.165, 1.54) is 13.8 Å². The highest BCUT2D eigenvalue weighted by Gasteiger charge is 2.24. The maximum Gasteiger partial charge on any atom is 0.246 e. The Labute approximate surface area is 135 Å². The minimum atomic E-state index is -3.82. The lowest BCUT2D eigenvalue weighted by Crippen LogP contribution is -2.37. The lowest BCUT2D eigenvalue weighted by molar-refractivity contribution is -0.119. The molecule has 0 aliphatic carbocycles. The number of sulfonamides is 1. The number of benzene rings is 1. The van der Waals surface area contributed by atoms with E-state index >= 15 is 0 Å². The first-order chi connectivity index (χ1) is 10.9. The highest BCUT2D eigenvalue weighted by atomic mass is 32.2. The van der Waals surface area contributed by atoms with Crippen molar-refractivity contribution >= 4 is 15.9 Å². The number of nitrogens with zero attached hydrogens (tertiary/aromatic N) is 1. The molecule has 1 aromatic heterocycles. The summed E-state index contributed by atoms with van der Waals surface area (Å²) in [5.74, 6) is -0.198.